The molecule has 1 fully saturated rings. The third kappa shape index (κ3) is 5.83. The first kappa shape index (κ1) is 19.4. The SMILES string of the molecule is CCCCCCCC(=O)N1CCCN(C(=O)c2ccccc2F)CC1. The van der Waals surface area contributed by atoms with E-state index in [1.165, 1.54) is 31.4 Å². The molecule has 1 aromatic carbocycles. The fraction of sp³-hybridized carbons (Fsp3) is 0.600. The summed E-state index contributed by atoms with van der Waals surface area (Å²) < 4.78 is 13.8. The summed E-state index contributed by atoms with van der Waals surface area (Å²) in [5, 5.41) is 0. The number of hydrogen-bond acceptors (Lipinski definition) is 2. The number of unbranched alkanes of at least 4 members (excludes halogenated alkanes) is 4. The smallest absolute Gasteiger partial charge is 0.256 e. The van der Waals surface area contributed by atoms with E-state index >= 15 is 0 Å². The zero-order chi connectivity index (χ0) is 18.1. The van der Waals surface area contributed by atoms with Crippen molar-refractivity contribution in [2.24, 2.45) is 0 Å². The molecule has 0 spiro atoms. The Morgan fingerprint density at radius 1 is 0.960 bits per heavy atom. The van der Waals surface area contributed by atoms with Crippen LogP contribution in [0.3, 0.4) is 0 Å². The molecule has 1 heterocycles. The molecule has 0 bridgehead atoms. The summed E-state index contributed by atoms with van der Waals surface area (Å²) in [5.74, 6) is -0.597. The molecule has 1 aromatic rings. The van der Waals surface area contributed by atoms with Gasteiger partial charge in [-0.1, -0.05) is 44.7 Å². The van der Waals surface area contributed by atoms with Gasteiger partial charge in [-0.05, 0) is 25.0 Å². The maximum atomic E-state index is 13.8. The Kier molecular flexibility index (Phi) is 7.89. The Bertz CT molecular complexity index is 577. The van der Waals surface area contributed by atoms with E-state index in [2.05, 4.69) is 6.92 Å². The molecule has 25 heavy (non-hydrogen) atoms. The van der Waals surface area contributed by atoms with Crippen LogP contribution in [0.5, 0.6) is 0 Å². The molecule has 5 heteroatoms. The van der Waals surface area contributed by atoms with Gasteiger partial charge in [-0.2, -0.15) is 0 Å². The van der Waals surface area contributed by atoms with E-state index in [0.717, 1.165) is 19.3 Å². The maximum Gasteiger partial charge on any atom is 0.256 e. The van der Waals surface area contributed by atoms with E-state index in [1.54, 1.807) is 17.0 Å². The summed E-state index contributed by atoms with van der Waals surface area (Å²) >= 11 is 0. The van der Waals surface area contributed by atoms with Crippen molar-refractivity contribution in [1.29, 1.82) is 0 Å². The highest BCUT2D eigenvalue weighted by Gasteiger charge is 2.23. The van der Waals surface area contributed by atoms with Gasteiger partial charge in [0.25, 0.3) is 5.91 Å². The quantitative estimate of drug-likeness (QED) is 0.702. The van der Waals surface area contributed by atoms with Crippen LogP contribution in [0, 0.1) is 5.82 Å². The first-order valence-corrected chi connectivity index (χ1v) is 9.45. The summed E-state index contributed by atoms with van der Waals surface area (Å²) in [5.41, 5.74) is 0.109. The van der Waals surface area contributed by atoms with Gasteiger partial charge in [-0.15, -0.1) is 0 Å². The average Bonchev–Trinajstić information content (AvgIpc) is 2.87. The fourth-order valence-corrected chi connectivity index (χ4v) is 3.21. The van der Waals surface area contributed by atoms with Gasteiger partial charge in [0.05, 0.1) is 5.56 Å². The summed E-state index contributed by atoms with van der Waals surface area (Å²) in [4.78, 5) is 28.4. The summed E-state index contributed by atoms with van der Waals surface area (Å²) in [6.45, 7) is 4.42. The number of benzene rings is 1. The number of rotatable bonds is 7. The zero-order valence-electron chi connectivity index (χ0n) is 15.2. The van der Waals surface area contributed by atoms with E-state index in [-0.39, 0.29) is 17.4 Å². The zero-order valence-corrected chi connectivity index (χ0v) is 15.2. The minimum Gasteiger partial charge on any atom is -0.341 e. The lowest BCUT2D eigenvalue weighted by Crippen LogP contribution is -2.37. The van der Waals surface area contributed by atoms with Gasteiger partial charge in [0, 0.05) is 32.6 Å². The second kappa shape index (κ2) is 10.2. The van der Waals surface area contributed by atoms with Gasteiger partial charge in [0.15, 0.2) is 0 Å². The molecule has 138 valence electrons. The van der Waals surface area contributed by atoms with Gasteiger partial charge in [-0.3, -0.25) is 9.59 Å². The van der Waals surface area contributed by atoms with Crippen molar-refractivity contribution in [2.45, 2.75) is 51.9 Å². The van der Waals surface area contributed by atoms with Gasteiger partial charge >= 0.3 is 0 Å². The molecule has 2 amide bonds. The summed E-state index contributed by atoms with van der Waals surface area (Å²) in [7, 11) is 0. The number of hydrogen-bond donors (Lipinski definition) is 0. The maximum absolute atomic E-state index is 13.8. The number of carbonyl (C=O) groups excluding carboxylic acids is 2. The average molecular weight is 348 g/mol. The Labute approximate surface area is 150 Å². The standard InChI is InChI=1S/C20H29FN2O2/c1-2-3-4-5-6-12-19(24)22-13-9-14-23(16-15-22)20(25)17-10-7-8-11-18(17)21/h7-8,10-11H,2-6,9,12-16H2,1H3. The van der Waals surface area contributed by atoms with Crippen LogP contribution in [-0.4, -0.2) is 47.8 Å². The van der Waals surface area contributed by atoms with Gasteiger partial charge in [0.2, 0.25) is 5.91 Å². The van der Waals surface area contributed by atoms with Gasteiger partial charge in [-0.25, -0.2) is 4.39 Å². The summed E-state index contributed by atoms with van der Waals surface area (Å²) in [6.07, 6.45) is 6.98. The third-order valence-electron chi connectivity index (χ3n) is 4.73. The number of carbonyl (C=O) groups is 2. The first-order valence-electron chi connectivity index (χ1n) is 9.45. The largest absolute Gasteiger partial charge is 0.341 e. The molecule has 0 unspecified atom stereocenters. The normalized spacial score (nSPS) is 15.1. The highest BCUT2D eigenvalue weighted by Crippen LogP contribution is 2.14. The van der Waals surface area contributed by atoms with Crippen molar-refractivity contribution in [1.82, 2.24) is 9.80 Å². The van der Waals surface area contributed by atoms with E-state index < -0.39 is 5.82 Å². The molecule has 0 N–H and O–H groups in total. The van der Waals surface area contributed by atoms with E-state index in [9.17, 15) is 14.0 Å². The molecule has 0 aliphatic carbocycles. The van der Waals surface area contributed by atoms with Crippen molar-refractivity contribution in [3.63, 3.8) is 0 Å². The molecule has 1 aliphatic heterocycles. The van der Waals surface area contributed by atoms with Crippen molar-refractivity contribution in [2.75, 3.05) is 26.2 Å². The number of nitrogens with zero attached hydrogens (tertiary/aromatic N) is 2. The van der Waals surface area contributed by atoms with Crippen LogP contribution in [0.15, 0.2) is 24.3 Å². The lowest BCUT2D eigenvalue weighted by Gasteiger charge is -2.22. The van der Waals surface area contributed by atoms with Crippen molar-refractivity contribution >= 4 is 11.8 Å². The molecular weight excluding hydrogens is 319 g/mol. The van der Waals surface area contributed by atoms with Crippen LogP contribution >= 0.6 is 0 Å². The van der Waals surface area contributed by atoms with Crippen molar-refractivity contribution < 1.29 is 14.0 Å². The first-order chi connectivity index (χ1) is 12.1. The van der Waals surface area contributed by atoms with Crippen LogP contribution in [0.2, 0.25) is 0 Å². The molecule has 0 atom stereocenters. The van der Waals surface area contributed by atoms with E-state index in [0.29, 0.717) is 32.6 Å². The van der Waals surface area contributed by atoms with E-state index in [1.807, 2.05) is 4.90 Å². The van der Waals surface area contributed by atoms with Gasteiger partial charge in [0.1, 0.15) is 5.82 Å². The monoisotopic (exact) mass is 348 g/mol. The molecular formula is C20H29FN2O2. The second-order valence-electron chi connectivity index (χ2n) is 6.67. The highest BCUT2D eigenvalue weighted by molar-refractivity contribution is 5.94. The van der Waals surface area contributed by atoms with Crippen molar-refractivity contribution in [3.05, 3.63) is 35.6 Å². The Morgan fingerprint density at radius 3 is 2.40 bits per heavy atom. The van der Waals surface area contributed by atoms with Gasteiger partial charge < -0.3 is 9.80 Å². The molecule has 4 nitrogen and oxygen atoms in total. The molecule has 0 aromatic heterocycles. The summed E-state index contributed by atoms with van der Waals surface area (Å²) in [6, 6.07) is 6.07. The third-order valence-corrected chi connectivity index (χ3v) is 4.73. The van der Waals surface area contributed by atoms with Crippen molar-refractivity contribution in [3.8, 4) is 0 Å². The predicted molar refractivity (Wildman–Crippen MR) is 96.9 cm³/mol. The lowest BCUT2D eigenvalue weighted by molar-refractivity contribution is -0.131. The molecule has 1 aliphatic rings. The highest BCUT2D eigenvalue weighted by atomic mass is 19.1. The Hall–Kier alpha value is -1.91. The minimum atomic E-state index is -0.489. The minimum absolute atomic E-state index is 0.109. The Morgan fingerprint density at radius 2 is 1.64 bits per heavy atom. The lowest BCUT2D eigenvalue weighted by atomic mass is 10.1. The molecule has 0 saturated carbocycles. The van der Waals surface area contributed by atoms with Crippen LogP contribution in [0.1, 0.15) is 62.2 Å². The Balaban J connectivity index is 1.82. The van der Waals surface area contributed by atoms with E-state index in [4.69, 9.17) is 0 Å². The molecule has 1 saturated heterocycles. The predicted octanol–water partition coefficient (Wildman–Crippen LogP) is 3.86. The van der Waals surface area contributed by atoms with Crippen LogP contribution in [-0.2, 0) is 4.79 Å². The van der Waals surface area contributed by atoms with Crippen LogP contribution in [0.25, 0.3) is 0 Å². The van der Waals surface area contributed by atoms with Crippen LogP contribution in [0.4, 0.5) is 4.39 Å². The topological polar surface area (TPSA) is 40.6 Å². The molecule has 0 radical (unpaired) electrons. The van der Waals surface area contributed by atoms with Crippen LogP contribution < -0.4 is 0 Å². The fourth-order valence-electron chi connectivity index (χ4n) is 3.21. The number of halogens is 1. The molecule has 2 rings (SSSR count). The number of amides is 2. The second-order valence-corrected chi connectivity index (χ2v) is 6.67.